The number of alkyl halides is 3. The molecule has 0 bridgehead atoms. The molecule has 1 atom stereocenters. The van der Waals surface area contributed by atoms with E-state index in [1.807, 2.05) is 20.8 Å². The zero-order valence-electron chi connectivity index (χ0n) is 11.7. The molecule has 5 nitrogen and oxygen atoms in total. The van der Waals surface area contributed by atoms with E-state index < -0.39 is 37.3 Å². The highest BCUT2D eigenvalue weighted by Crippen LogP contribution is 2.21. The summed E-state index contributed by atoms with van der Waals surface area (Å²) in [6.07, 6.45) is -3.77. The highest BCUT2D eigenvalue weighted by Gasteiger charge is 2.28. The van der Waals surface area contributed by atoms with Crippen LogP contribution in [-0.4, -0.2) is 42.4 Å². The molecule has 0 aliphatic carbocycles. The number of carboxylic acid groups (broad SMARTS) is 1. The third-order valence-corrected chi connectivity index (χ3v) is 2.32. The highest BCUT2D eigenvalue weighted by atomic mass is 19.4. The number of carboxylic acids is 1. The van der Waals surface area contributed by atoms with E-state index >= 15 is 0 Å². The lowest BCUT2D eigenvalue weighted by molar-refractivity contribution is -0.176. The average molecular weight is 299 g/mol. The molecule has 0 aromatic carbocycles. The van der Waals surface area contributed by atoms with Gasteiger partial charge in [0.1, 0.15) is 19.3 Å². The van der Waals surface area contributed by atoms with Crippen molar-refractivity contribution in [2.24, 2.45) is 5.41 Å². The predicted octanol–water partition coefficient (Wildman–Crippen LogP) is 1.96. The molecule has 0 radical (unpaired) electrons. The molecule has 0 spiro atoms. The zero-order valence-corrected chi connectivity index (χ0v) is 11.7. The Balaban J connectivity index is 4.18. The number of carbonyl (C=O) groups excluding carboxylic acids is 1. The van der Waals surface area contributed by atoms with E-state index in [0.29, 0.717) is 6.42 Å². The molecule has 0 rings (SSSR count). The molecular weight excluding hydrogens is 279 g/mol. The average Bonchev–Trinajstić information content (AvgIpc) is 2.20. The van der Waals surface area contributed by atoms with E-state index in [0.717, 1.165) is 0 Å². The minimum Gasteiger partial charge on any atom is -0.480 e. The number of amides is 1. The Labute approximate surface area is 115 Å². The quantitative estimate of drug-likeness (QED) is 0.753. The molecule has 0 aliphatic heterocycles. The summed E-state index contributed by atoms with van der Waals surface area (Å²) in [6, 6.07) is -1.13. The standard InChI is InChI=1S/C12H20F3NO4/c1-11(2,3)5-4-8(10(18)19)16-9(17)6-20-7-12(13,14)15/h8H,4-7H2,1-3H3,(H,16,17)(H,18,19). The molecule has 1 unspecified atom stereocenters. The summed E-state index contributed by atoms with van der Waals surface area (Å²) in [4.78, 5) is 22.3. The molecule has 0 aromatic rings. The molecule has 20 heavy (non-hydrogen) atoms. The normalized spacial score (nSPS) is 13.9. The van der Waals surface area contributed by atoms with Crippen LogP contribution in [0.15, 0.2) is 0 Å². The van der Waals surface area contributed by atoms with Crippen LogP contribution in [0.2, 0.25) is 0 Å². The number of aliphatic carboxylic acids is 1. The first-order chi connectivity index (χ1) is 8.91. The van der Waals surface area contributed by atoms with Crippen LogP contribution >= 0.6 is 0 Å². The monoisotopic (exact) mass is 299 g/mol. The lowest BCUT2D eigenvalue weighted by atomic mass is 9.88. The highest BCUT2D eigenvalue weighted by molar-refractivity contribution is 5.84. The van der Waals surface area contributed by atoms with Crippen LogP contribution in [0.1, 0.15) is 33.6 Å². The lowest BCUT2D eigenvalue weighted by Gasteiger charge is -2.21. The first-order valence-electron chi connectivity index (χ1n) is 6.07. The molecule has 0 saturated carbocycles. The van der Waals surface area contributed by atoms with Gasteiger partial charge in [-0.15, -0.1) is 0 Å². The number of halogens is 3. The Morgan fingerprint density at radius 3 is 2.20 bits per heavy atom. The van der Waals surface area contributed by atoms with Gasteiger partial charge in [0.2, 0.25) is 5.91 Å². The second-order valence-electron chi connectivity index (χ2n) is 5.67. The summed E-state index contributed by atoms with van der Waals surface area (Å²) >= 11 is 0. The fraction of sp³-hybridized carbons (Fsp3) is 0.833. The van der Waals surface area contributed by atoms with Crippen LogP contribution in [0.25, 0.3) is 0 Å². The molecule has 0 heterocycles. The van der Waals surface area contributed by atoms with Gasteiger partial charge in [-0.1, -0.05) is 20.8 Å². The summed E-state index contributed by atoms with van der Waals surface area (Å²) in [5, 5.41) is 11.1. The number of hydrogen-bond acceptors (Lipinski definition) is 3. The van der Waals surface area contributed by atoms with Crippen LogP contribution in [0.4, 0.5) is 13.2 Å². The van der Waals surface area contributed by atoms with Crippen molar-refractivity contribution in [3.63, 3.8) is 0 Å². The summed E-state index contributed by atoms with van der Waals surface area (Å²) in [6.45, 7) is 3.39. The van der Waals surface area contributed by atoms with Crippen molar-refractivity contribution in [2.45, 2.75) is 45.8 Å². The Hall–Kier alpha value is -1.31. The Morgan fingerprint density at radius 2 is 1.80 bits per heavy atom. The third kappa shape index (κ3) is 10.6. The van der Waals surface area contributed by atoms with Crippen molar-refractivity contribution < 1.29 is 32.6 Å². The summed E-state index contributed by atoms with van der Waals surface area (Å²) < 4.78 is 39.5. The fourth-order valence-corrected chi connectivity index (χ4v) is 1.33. The predicted molar refractivity (Wildman–Crippen MR) is 65.1 cm³/mol. The largest absolute Gasteiger partial charge is 0.480 e. The number of carbonyl (C=O) groups is 2. The SMILES string of the molecule is CC(C)(C)CCC(NC(=O)COCC(F)(F)F)C(=O)O. The van der Waals surface area contributed by atoms with Gasteiger partial charge in [0, 0.05) is 0 Å². The Kier molecular flexibility index (Phi) is 6.98. The van der Waals surface area contributed by atoms with Gasteiger partial charge in [0.25, 0.3) is 0 Å². The molecule has 1 amide bonds. The van der Waals surface area contributed by atoms with Crippen LogP contribution in [-0.2, 0) is 14.3 Å². The van der Waals surface area contributed by atoms with Crippen molar-refractivity contribution >= 4 is 11.9 Å². The molecular formula is C12H20F3NO4. The number of rotatable bonds is 7. The van der Waals surface area contributed by atoms with Crippen molar-refractivity contribution in [2.75, 3.05) is 13.2 Å². The van der Waals surface area contributed by atoms with Gasteiger partial charge in [-0.2, -0.15) is 13.2 Å². The third-order valence-electron chi connectivity index (χ3n) is 2.32. The Morgan fingerprint density at radius 1 is 1.25 bits per heavy atom. The van der Waals surface area contributed by atoms with Crippen molar-refractivity contribution in [3.05, 3.63) is 0 Å². The van der Waals surface area contributed by atoms with Gasteiger partial charge >= 0.3 is 12.1 Å². The molecule has 0 aromatic heterocycles. The molecule has 2 N–H and O–H groups in total. The smallest absolute Gasteiger partial charge is 0.411 e. The number of ether oxygens (including phenoxy) is 1. The number of hydrogen-bond donors (Lipinski definition) is 2. The minimum atomic E-state index is -4.52. The summed E-state index contributed by atoms with van der Waals surface area (Å²) in [7, 11) is 0. The second kappa shape index (κ2) is 7.47. The molecule has 0 aliphatic rings. The van der Waals surface area contributed by atoms with Gasteiger partial charge in [-0.25, -0.2) is 4.79 Å². The maximum absolute atomic E-state index is 11.8. The zero-order chi connectivity index (χ0) is 16.0. The topological polar surface area (TPSA) is 75.6 Å². The van der Waals surface area contributed by atoms with Gasteiger partial charge in [-0.3, -0.25) is 4.79 Å². The molecule has 8 heteroatoms. The first kappa shape index (κ1) is 18.7. The Bertz CT molecular complexity index is 337. The van der Waals surface area contributed by atoms with Gasteiger partial charge in [-0.05, 0) is 18.3 Å². The lowest BCUT2D eigenvalue weighted by Crippen LogP contribution is -2.43. The van der Waals surface area contributed by atoms with Gasteiger partial charge in [0.15, 0.2) is 0 Å². The van der Waals surface area contributed by atoms with E-state index in [9.17, 15) is 22.8 Å². The molecule has 0 fully saturated rings. The first-order valence-corrected chi connectivity index (χ1v) is 6.07. The minimum absolute atomic E-state index is 0.106. The van der Waals surface area contributed by atoms with Crippen LogP contribution in [0.5, 0.6) is 0 Å². The maximum atomic E-state index is 11.8. The molecule has 0 saturated heterocycles. The van der Waals surface area contributed by atoms with Crippen molar-refractivity contribution in [3.8, 4) is 0 Å². The summed E-state index contributed by atoms with van der Waals surface area (Å²) in [5.41, 5.74) is -0.106. The van der Waals surface area contributed by atoms with Crippen LogP contribution in [0.3, 0.4) is 0 Å². The van der Waals surface area contributed by atoms with E-state index in [2.05, 4.69) is 10.1 Å². The van der Waals surface area contributed by atoms with E-state index in [1.54, 1.807) is 0 Å². The molecule has 118 valence electrons. The van der Waals surface area contributed by atoms with Gasteiger partial charge in [0.05, 0.1) is 0 Å². The van der Waals surface area contributed by atoms with E-state index in [1.165, 1.54) is 0 Å². The van der Waals surface area contributed by atoms with Crippen molar-refractivity contribution in [1.82, 2.24) is 5.32 Å². The maximum Gasteiger partial charge on any atom is 0.411 e. The van der Waals surface area contributed by atoms with Crippen molar-refractivity contribution in [1.29, 1.82) is 0 Å². The fourth-order valence-electron chi connectivity index (χ4n) is 1.33. The summed E-state index contributed by atoms with van der Waals surface area (Å²) in [5.74, 6) is -2.10. The second-order valence-corrected chi connectivity index (χ2v) is 5.67. The number of nitrogens with one attached hydrogen (secondary N) is 1. The van der Waals surface area contributed by atoms with Gasteiger partial charge < -0.3 is 15.2 Å². The van der Waals surface area contributed by atoms with Crippen LogP contribution in [0, 0.1) is 5.41 Å². The van der Waals surface area contributed by atoms with E-state index in [4.69, 9.17) is 5.11 Å². The van der Waals surface area contributed by atoms with E-state index in [-0.39, 0.29) is 11.8 Å². The van der Waals surface area contributed by atoms with Crippen LogP contribution < -0.4 is 5.32 Å².